The molecule has 0 aromatic heterocycles. The predicted molar refractivity (Wildman–Crippen MR) is 131 cm³/mol. The van der Waals surface area contributed by atoms with Crippen LogP contribution in [-0.4, -0.2) is 65.3 Å². The molecule has 202 valence electrons. The topological polar surface area (TPSA) is 142 Å². The van der Waals surface area contributed by atoms with Crippen molar-refractivity contribution in [3.63, 3.8) is 0 Å². The van der Waals surface area contributed by atoms with Crippen LogP contribution in [0.5, 0.6) is 0 Å². The Kier molecular flexibility index (Phi) is 8.13. The fraction of sp³-hybridized carbons (Fsp3) is 0.308. The van der Waals surface area contributed by atoms with E-state index in [-0.39, 0.29) is 12.8 Å². The number of alkyl halides is 1. The number of hydrogen-bond acceptors (Lipinski definition) is 9. The summed E-state index contributed by atoms with van der Waals surface area (Å²) in [7, 11) is 0. The van der Waals surface area contributed by atoms with Crippen LogP contribution in [0, 0.1) is 6.57 Å². The number of imide groups is 1. The number of halogens is 1. The van der Waals surface area contributed by atoms with Gasteiger partial charge in [-0.15, -0.1) is 11.6 Å². The second-order valence-corrected chi connectivity index (χ2v) is 8.91. The Hall–Kier alpha value is -4.47. The van der Waals surface area contributed by atoms with E-state index in [4.69, 9.17) is 37.2 Å². The highest BCUT2D eigenvalue weighted by atomic mass is 35.5. The first-order valence-electron chi connectivity index (χ1n) is 11.7. The van der Waals surface area contributed by atoms with Crippen LogP contribution in [0.25, 0.3) is 4.85 Å². The Balaban J connectivity index is 1.60. The number of hydroxylamine groups is 2. The van der Waals surface area contributed by atoms with E-state index in [1.54, 1.807) is 60.7 Å². The number of nitrogens with zero attached hydrogens (tertiary/aromatic N) is 2. The fourth-order valence-electron chi connectivity index (χ4n) is 4.05. The number of hydrogen-bond donors (Lipinski definition) is 1. The zero-order valence-electron chi connectivity index (χ0n) is 20.3. The van der Waals surface area contributed by atoms with E-state index in [1.807, 2.05) is 5.32 Å². The van der Waals surface area contributed by atoms with Crippen molar-refractivity contribution in [3.8, 4) is 0 Å². The minimum absolute atomic E-state index is 0.228. The predicted octanol–water partition coefficient (Wildman–Crippen LogP) is 2.28. The quantitative estimate of drug-likeness (QED) is 0.225. The van der Waals surface area contributed by atoms with Crippen molar-refractivity contribution in [2.75, 3.05) is 19.1 Å². The number of alkyl carbamates (subject to hydrolysis) is 1. The van der Waals surface area contributed by atoms with Gasteiger partial charge in [0, 0.05) is 6.42 Å². The molecule has 4 rings (SSSR count). The van der Waals surface area contributed by atoms with E-state index in [0.717, 1.165) is 0 Å². The second kappa shape index (κ2) is 11.5. The molecule has 2 aromatic carbocycles. The maximum Gasteiger partial charge on any atom is 0.414 e. The van der Waals surface area contributed by atoms with Crippen molar-refractivity contribution in [2.24, 2.45) is 0 Å². The van der Waals surface area contributed by atoms with Crippen LogP contribution >= 0.6 is 11.6 Å². The molecule has 0 saturated carbocycles. The molecule has 1 N–H and O–H groups in total. The van der Waals surface area contributed by atoms with Crippen LogP contribution in [0.1, 0.15) is 30.1 Å². The summed E-state index contributed by atoms with van der Waals surface area (Å²) >= 11 is 5.33. The first kappa shape index (κ1) is 27.6. The van der Waals surface area contributed by atoms with Gasteiger partial charge < -0.3 is 14.2 Å². The molecular formula is C26H22ClN3O9. The van der Waals surface area contributed by atoms with Gasteiger partial charge >= 0.3 is 35.2 Å². The first-order chi connectivity index (χ1) is 18.7. The number of rotatable bonds is 8. The summed E-state index contributed by atoms with van der Waals surface area (Å²) < 4.78 is 16.1. The van der Waals surface area contributed by atoms with Gasteiger partial charge in [-0.05, 0) is 11.1 Å². The van der Waals surface area contributed by atoms with Gasteiger partial charge in [-0.3, -0.25) is 29.4 Å². The molecule has 2 aliphatic heterocycles. The maximum absolute atomic E-state index is 13.7. The van der Waals surface area contributed by atoms with Crippen LogP contribution in [0.3, 0.4) is 0 Å². The van der Waals surface area contributed by atoms with Gasteiger partial charge in [0.15, 0.2) is 19.3 Å². The van der Waals surface area contributed by atoms with Crippen molar-refractivity contribution in [1.82, 2.24) is 10.4 Å². The normalized spacial score (nSPS) is 22.2. The highest BCUT2D eigenvalue weighted by Crippen LogP contribution is 2.40. The average molecular weight is 556 g/mol. The molecule has 2 unspecified atom stereocenters. The van der Waals surface area contributed by atoms with Crippen molar-refractivity contribution in [2.45, 2.75) is 30.2 Å². The minimum Gasteiger partial charge on any atom is -0.448 e. The summed E-state index contributed by atoms with van der Waals surface area (Å²) in [5, 5.41) is 2.33. The molecule has 12 nitrogen and oxygen atoms in total. The number of cyclic esters (lactones) is 1. The largest absolute Gasteiger partial charge is 0.448 e. The van der Waals surface area contributed by atoms with Gasteiger partial charge in [-0.2, -0.15) is 5.06 Å². The third kappa shape index (κ3) is 5.55. The first-order valence-corrected chi connectivity index (χ1v) is 12.2. The van der Waals surface area contributed by atoms with Crippen LogP contribution in [-0.2, 0) is 38.2 Å². The van der Waals surface area contributed by atoms with Crippen molar-refractivity contribution in [1.29, 1.82) is 0 Å². The lowest BCUT2D eigenvalue weighted by Gasteiger charge is -2.33. The summed E-state index contributed by atoms with van der Waals surface area (Å²) in [5.41, 5.74) is -3.19. The van der Waals surface area contributed by atoms with Gasteiger partial charge in [-0.1, -0.05) is 60.7 Å². The molecule has 0 bridgehead atoms. The molecule has 0 aliphatic carbocycles. The Morgan fingerprint density at radius 3 is 2.21 bits per heavy atom. The summed E-state index contributed by atoms with van der Waals surface area (Å²) in [4.78, 5) is 71.3. The molecule has 2 aromatic rings. The number of esters is 2. The molecule has 2 atom stereocenters. The molecule has 2 heterocycles. The van der Waals surface area contributed by atoms with Gasteiger partial charge in [0.05, 0.1) is 6.42 Å². The molecular weight excluding hydrogens is 534 g/mol. The van der Waals surface area contributed by atoms with E-state index in [1.165, 1.54) is 0 Å². The van der Waals surface area contributed by atoms with E-state index in [0.29, 0.717) is 16.2 Å². The lowest BCUT2D eigenvalue weighted by Crippen LogP contribution is -2.58. The second-order valence-electron chi connectivity index (χ2n) is 8.64. The number of amides is 3. The number of benzene rings is 2. The highest BCUT2D eigenvalue weighted by molar-refractivity contribution is 6.28. The molecule has 2 aliphatic rings. The summed E-state index contributed by atoms with van der Waals surface area (Å²) in [5.74, 6) is -4.32. The standard InChI is InChI=1S/C26H22ClN3O9/c1-28-25(15-36-24(35)29-19(31)14-27)16-37-30(22(25)33)26(13-12-20(32)39-26)23(34)38-21(17-8-4-2-5-9-17)18-10-6-3-7-11-18/h2-11,21H,12-16H2,(H,29,31,35). The van der Waals surface area contributed by atoms with Gasteiger partial charge in [0.1, 0.15) is 5.88 Å². The zero-order chi connectivity index (χ0) is 28.0. The Labute approximate surface area is 227 Å². The van der Waals surface area contributed by atoms with Crippen LogP contribution < -0.4 is 5.32 Å². The van der Waals surface area contributed by atoms with E-state index >= 15 is 0 Å². The smallest absolute Gasteiger partial charge is 0.414 e. The number of nitrogens with one attached hydrogen (secondary N) is 1. The average Bonchev–Trinajstić information content (AvgIpc) is 3.52. The molecule has 39 heavy (non-hydrogen) atoms. The van der Waals surface area contributed by atoms with Crippen LogP contribution in [0.15, 0.2) is 60.7 Å². The van der Waals surface area contributed by atoms with Crippen molar-refractivity contribution in [3.05, 3.63) is 83.2 Å². The third-order valence-electron chi connectivity index (χ3n) is 6.06. The van der Waals surface area contributed by atoms with Crippen LogP contribution in [0.4, 0.5) is 4.79 Å². The Morgan fingerprint density at radius 2 is 1.69 bits per heavy atom. The number of ether oxygens (including phenoxy) is 3. The minimum atomic E-state index is -2.32. The van der Waals surface area contributed by atoms with Crippen LogP contribution in [0.2, 0.25) is 0 Å². The highest BCUT2D eigenvalue weighted by Gasteiger charge is 2.67. The number of carbonyl (C=O) groups excluding carboxylic acids is 5. The van der Waals surface area contributed by atoms with Crippen molar-refractivity contribution < 1.29 is 43.0 Å². The third-order valence-corrected chi connectivity index (χ3v) is 6.30. The van der Waals surface area contributed by atoms with E-state index < -0.39 is 66.3 Å². The van der Waals surface area contributed by atoms with E-state index in [9.17, 15) is 24.0 Å². The Morgan fingerprint density at radius 1 is 1.08 bits per heavy atom. The molecule has 3 amide bonds. The molecule has 2 saturated heterocycles. The fourth-order valence-corrected chi connectivity index (χ4v) is 4.11. The molecule has 0 radical (unpaired) electrons. The number of carbonyl (C=O) groups is 5. The molecule has 13 heteroatoms. The van der Waals surface area contributed by atoms with Crippen molar-refractivity contribution >= 4 is 41.4 Å². The zero-order valence-corrected chi connectivity index (χ0v) is 21.1. The summed E-state index contributed by atoms with van der Waals surface area (Å²) in [6, 6.07) is 17.6. The lowest BCUT2D eigenvalue weighted by molar-refractivity contribution is -0.260. The van der Waals surface area contributed by atoms with Gasteiger partial charge in [-0.25, -0.2) is 16.2 Å². The molecule has 2 fully saturated rings. The summed E-state index contributed by atoms with van der Waals surface area (Å²) in [6.45, 7) is 6.14. The summed E-state index contributed by atoms with van der Waals surface area (Å²) in [6.07, 6.45) is -2.68. The maximum atomic E-state index is 13.7. The monoisotopic (exact) mass is 555 g/mol. The van der Waals surface area contributed by atoms with Gasteiger partial charge in [0.2, 0.25) is 5.91 Å². The Bertz CT molecular complexity index is 1280. The van der Waals surface area contributed by atoms with Gasteiger partial charge in [0.25, 0.3) is 0 Å². The molecule has 0 spiro atoms. The lowest BCUT2D eigenvalue weighted by atomic mass is 10.00. The SMILES string of the molecule is [C-]#[N+]C1(COC(=O)NC(=O)CCl)CON(C2(C(=O)OC(c3ccccc3)c3ccccc3)CCC(=O)O2)C1=O. The van der Waals surface area contributed by atoms with E-state index in [2.05, 4.69) is 4.85 Å².